The van der Waals surface area contributed by atoms with E-state index < -0.39 is 0 Å². The number of guanidine groups is 1. The van der Waals surface area contributed by atoms with Crippen LogP contribution in [0.4, 0.5) is 5.82 Å². The Labute approximate surface area is 197 Å². The van der Waals surface area contributed by atoms with Crippen LogP contribution < -0.4 is 10.2 Å². The number of halogens is 1. The maximum Gasteiger partial charge on any atom is 0.194 e. The molecule has 162 valence electrons. The van der Waals surface area contributed by atoms with Crippen molar-refractivity contribution in [3.8, 4) is 0 Å². The Morgan fingerprint density at radius 1 is 1.03 bits per heavy atom. The number of fused-ring (bicyclic) bond motifs is 1. The number of hydrogen-bond acceptors (Lipinski definition) is 4. The number of anilines is 1. The van der Waals surface area contributed by atoms with Gasteiger partial charge in [0.2, 0.25) is 0 Å². The smallest absolute Gasteiger partial charge is 0.194 e. The van der Waals surface area contributed by atoms with Crippen LogP contribution in [0, 0.1) is 0 Å². The van der Waals surface area contributed by atoms with Crippen molar-refractivity contribution in [3.63, 3.8) is 0 Å². The second-order valence-corrected chi connectivity index (χ2v) is 7.79. The van der Waals surface area contributed by atoms with Gasteiger partial charge in [-0.2, -0.15) is 0 Å². The van der Waals surface area contributed by atoms with Crippen molar-refractivity contribution in [2.45, 2.75) is 26.4 Å². The van der Waals surface area contributed by atoms with Crippen molar-refractivity contribution in [1.29, 1.82) is 0 Å². The van der Waals surface area contributed by atoms with Crippen molar-refractivity contribution in [2.24, 2.45) is 4.99 Å². The number of aliphatic imine (C=N–C) groups is 1. The van der Waals surface area contributed by atoms with Gasteiger partial charge in [-0.15, -0.1) is 24.0 Å². The molecule has 1 fully saturated rings. The third-order valence-corrected chi connectivity index (χ3v) is 6.05. The third-order valence-electron chi connectivity index (χ3n) is 6.05. The molecule has 4 rings (SSSR count). The molecule has 2 aromatic rings. The van der Waals surface area contributed by atoms with Crippen LogP contribution >= 0.6 is 24.0 Å². The molecular weight excluding hydrogens is 487 g/mol. The van der Waals surface area contributed by atoms with Crippen LogP contribution in [0.1, 0.15) is 23.6 Å². The second kappa shape index (κ2) is 10.9. The number of aromatic nitrogens is 1. The van der Waals surface area contributed by atoms with E-state index in [-0.39, 0.29) is 24.0 Å². The van der Waals surface area contributed by atoms with E-state index in [1.807, 2.05) is 13.2 Å². The summed E-state index contributed by atoms with van der Waals surface area (Å²) in [6.45, 7) is 10.4. The quantitative estimate of drug-likeness (QED) is 0.382. The van der Waals surface area contributed by atoms with Crippen LogP contribution in [0.5, 0.6) is 0 Å². The summed E-state index contributed by atoms with van der Waals surface area (Å²) in [5.41, 5.74) is 4.04. The number of rotatable bonds is 4. The standard InChI is InChI=1S/C23H32N6.HI/c1-3-27-12-14-28(15-13-27)22-9-8-19(16-25-22)17-26-23(24-2)29-11-10-20-6-4-5-7-21(20)18-29;/h4-9,16H,3,10-15,17-18H2,1-2H3,(H,24,26);1H. The fourth-order valence-corrected chi connectivity index (χ4v) is 4.19. The number of benzene rings is 1. The predicted octanol–water partition coefficient (Wildman–Crippen LogP) is 2.98. The lowest BCUT2D eigenvalue weighted by Crippen LogP contribution is -2.46. The number of likely N-dealkylation sites (N-methyl/N-ethyl adjacent to an activating group) is 1. The van der Waals surface area contributed by atoms with Crippen molar-refractivity contribution in [1.82, 2.24) is 20.1 Å². The lowest BCUT2D eigenvalue weighted by atomic mass is 10.0. The molecule has 0 spiro atoms. The zero-order chi connectivity index (χ0) is 20.1. The molecule has 1 aromatic heterocycles. The zero-order valence-electron chi connectivity index (χ0n) is 18.0. The number of piperazine rings is 1. The van der Waals surface area contributed by atoms with E-state index in [0.29, 0.717) is 0 Å². The molecule has 3 heterocycles. The number of hydrogen-bond donors (Lipinski definition) is 1. The van der Waals surface area contributed by atoms with E-state index in [9.17, 15) is 0 Å². The normalized spacial score (nSPS) is 17.3. The molecule has 1 N–H and O–H groups in total. The van der Waals surface area contributed by atoms with E-state index in [0.717, 1.165) is 70.6 Å². The molecule has 1 saturated heterocycles. The summed E-state index contributed by atoms with van der Waals surface area (Å²) < 4.78 is 0. The second-order valence-electron chi connectivity index (χ2n) is 7.79. The molecule has 2 aliphatic rings. The molecule has 0 saturated carbocycles. The van der Waals surface area contributed by atoms with Crippen LogP contribution in [-0.2, 0) is 19.5 Å². The first-order chi connectivity index (χ1) is 14.3. The average Bonchev–Trinajstić information content (AvgIpc) is 2.80. The van der Waals surface area contributed by atoms with E-state index in [1.54, 1.807) is 0 Å². The fourth-order valence-electron chi connectivity index (χ4n) is 4.19. The number of pyridine rings is 1. The Morgan fingerprint density at radius 2 is 1.80 bits per heavy atom. The van der Waals surface area contributed by atoms with Crippen molar-refractivity contribution < 1.29 is 0 Å². The molecule has 1 aromatic carbocycles. The Kier molecular flexibility index (Phi) is 8.32. The molecule has 0 aliphatic carbocycles. The number of nitrogens with one attached hydrogen (secondary N) is 1. The minimum absolute atomic E-state index is 0. The summed E-state index contributed by atoms with van der Waals surface area (Å²) in [5.74, 6) is 2.04. The van der Waals surface area contributed by atoms with Gasteiger partial charge in [-0.05, 0) is 35.7 Å². The summed E-state index contributed by atoms with van der Waals surface area (Å²) >= 11 is 0. The molecule has 0 unspecified atom stereocenters. The lowest BCUT2D eigenvalue weighted by molar-refractivity contribution is 0.270. The molecule has 7 heteroatoms. The summed E-state index contributed by atoms with van der Waals surface area (Å²) in [7, 11) is 1.86. The van der Waals surface area contributed by atoms with Gasteiger partial charge in [-0.1, -0.05) is 37.3 Å². The van der Waals surface area contributed by atoms with Gasteiger partial charge in [-0.3, -0.25) is 4.99 Å². The fraction of sp³-hybridized carbons (Fsp3) is 0.478. The van der Waals surface area contributed by atoms with Gasteiger partial charge in [0.25, 0.3) is 0 Å². The summed E-state index contributed by atoms with van der Waals surface area (Å²) in [5, 5.41) is 3.51. The van der Waals surface area contributed by atoms with Gasteiger partial charge < -0.3 is 20.0 Å². The topological polar surface area (TPSA) is 47.0 Å². The summed E-state index contributed by atoms with van der Waals surface area (Å²) in [6.07, 6.45) is 3.06. The molecule has 2 aliphatic heterocycles. The molecule has 0 amide bonds. The molecule has 30 heavy (non-hydrogen) atoms. The Bertz CT molecular complexity index is 830. The highest BCUT2D eigenvalue weighted by molar-refractivity contribution is 14.0. The Hall–Kier alpha value is -1.87. The minimum atomic E-state index is 0. The highest BCUT2D eigenvalue weighted by Gasteiger charge is 2.19. The van der Waals surface area contributed by atoms with E-state index in [1.165, 1.54) is 16.7 Å². The average molecular weight is 520 g/mol. The van der Waals surface area contributed by atoms with E-state index >= 15 is 0 Å². The maximum absolute atomic E-state index is 4.71. The first-order valence-electron chi connectivity index (χ1n) is 10.7. The van der Waals surface area contributed by atoms with Crippen LogP contribution in [0.2, 0.25) is 0 Å². The van der Waals surface area contributed by atoms with E-state index in [4.69, 9.17) is 4.98 Å². The maximum atomic E-state index is 4.71. The summed E-state index contributed by atoms with van der Waals surface area (Å²) in [6, 6.07) is 13.0. The van der Waals surface area contributed by atoms with Crippen LogP contribution in [0.15, 0.2) is 47.6 Å². The molecule has 0 atom stereocenters. The molecular formula is C23H33IN6. The monoisotopic (exact) mass is 520 g/mol. The predicted molar refractivity (Wildman–Crippen MR) is 135 cm³/mol. The zero-order valence-corrected chi connectivity index (χ0v) is 20.4. The molecule has 0 bridgehead atoms. The molecule has 0 radical (unpaired) electrons. The van der Waals surface area contributed by atoms with Crippen molar-refractivity contribution in [3.05, 3.63) is 59.3 Å². The van der Waals surface area contributed by atoms with Crippen molar-refractivity contribution in [2.75, 3.05) is 51.2 Å². The summed E-state index contributed by atoms with van der Waals surface area (Å²) in [4.78, 5) is 16.4. The van der Waals surface area contributed by atoms with Gasteiger partial charge in [0.15, 0.2) is 5.96 Å². The van der Waals surface area contributed by atoms with Crippen molar-refractivity contribution >= 4 is 35.8 Å². The highest BCUT2D eigenvalue weighted by Crippen LogP contribution is 2.19. The van der Waals surface area contributed by atoms with Crippen LogP contribution in [-0.4, -0.2) is 67.1 Å². The SMILES string of the molecule is CCN1CCN(c2ccc(CNC(=NC)N3CCc4ccccc4C3)cn2)CC1.I. The minimum Gasteiger partial charge on any atom is -0.354 e. The van der Waals surface area contributed by atoms with Gasteiger partial charge in [-0.25, -0.2) is 4.98 Å². The van der Waals surface area contributed by atoms with Gasteiger partial charge in [0.1, 0.15) is 5.82 Å². The lowest BCUT2D eigenvalue weighted by Gasteiger charge is -2.34. The van der Waals surface area contributed by atoms with Gasteiger partial charge >= 0.3 is 0 Å². The highest BCUT2D eigenvalue weighted by atomic mass is 127. The Balaban J connectivity index is 0.00000256. The largest absolute Gasteiger partial charge is 0.354 e. The van der Waals surface area contributed by atoms with E-state index in [2.05, 4.69) is 68.3 Å². The number of nitrogens with zero attached hydrogens (tertiary/aromatic N) is 5. The van der Waals surface area contributed by atoms with Crippen LogP contribution in [0.3, 0.4) is 0 Å². The van der Waals surface area contributed by atoms with Crippen LogP contribution in [0.25, 0.3) is 0 Å². The van der Waals surface area contributed by atoms with Gasteiger partial charge in [0, 0.05) is 59.1 Å². The van der Waals surface area contributed by atoms with Gasteiger partial charge in [0.05, 0.1) is 0 Å². The third kappa shape index (κ3) is 5.43. The Morgan fingerprint density at radius 3 is 2.47 bits per heavy atom. The molecule has 6 nitrogen and oxygen atoms in total. The first-order valence-corrected chi connectivity index (χ1v) is 10.7. The first kappa shape index (κ1) is 22.8.